The molecule has 2 fully saturated rings. The molecule has 2 aliphatic heterocycles. The Balaban J connectivity index is 1.31. The summed E-state index contributed by atoms with van der Waals surface area (Å²) in [6, 6.07) is 11.5. The van der Waals surface area contributed by atoms with Crippen molar-refractivity contribution < 1.29 is 4.74 Å². The van der Waals surface area contributed by atoms with Gasteiger partial charge in [-0.05, 0) is 48.8 Å². The molecule has 1 N–H and O–H groups in total. The molecule has 0 radical (unpaired) electrons. The lowest BCUT2D eigenvalue weighted by Gasteiger charge is -2.40. The molecule has 2 unspecified atom stereocenters. The van der Waals surface area contributed by atoms with E-state index < -0.39 is 0 Å². The van der Waals surface area contributed by atoms with Crippen molar-refractivity contribution in [2.45, 2.75) is 37.1 Å². The Labute approximate surface area is 161 Å². The number of anilines is 1. The van der Waals surface area contributed by atoms with Crippen LogP contribution in [0.3, 0.4) is 0 Å². The van der Waals surface area contributed by atoms with E-state index in [1.165, 1.54) is 31.2 Å². The maximum absolute atomic E-state index is 5.55. The van der Waals surface area contributed by atoms with Crippen molar-refractivity contribution >= 4 is 5.95 Å². The average Bonchev–Trinajstić information content (AvgIpc) is 3.35. The molecule has 1 aromatic heterocycles. The number of fused-ring (bicyclic) bond motifs is 2. The molecule has 1 aliphatic carbocycles. The van der Waals surface area contributed by atoms with E-state index in [-0.39, 0.29) is 0 Å². The molecule has 142 valence electrons. The summed E-state index contributed by atoms with van der Waals surface area (Å²) in [6.07, 6.45) is 8.43. The highest BCUT2D eigenvalue weighted by atomic mass is 16.5. The standard InChI is InChI=1S/C22H28N4O/c1-2-5-19-18(4-1)20(25-15-17-6-13-27-16-17)14-22(19)7-11-26(12-8-22)21-23-9-3-10-24-21/h1-5,9-10,17,20,25H,6-8,11-16H2. The van der Waals surface area contributed by atoms with Gasteiger partial charge in [0.25, 0.3) is 0 Å². The van der Waals surface area contributed by atoms with Crippen LogP contribution < -0.4 is 10.2 Å². The van der Waals surface area contributed by atoms with E-state index in [0.717, 1.165) is 38.8 Å². The van der Waals surface area contributed by atoms with Crippen molar-refractivity contribution in [3.8, 4) is 0 Å². The van der Waals surface area contributed by atoms with Crippen LogP contribution in [0.4, 0.5) is 5.95 Å². The molecule has 3 aliphatic rings. The third-order valence-corrected chi connectivity index (χ3v) is 6.73. The van der Waals surface area contributed by atoms with Crippen molar-refractivity contribution in [1.82, 2.24) is 15.3 Å². The summed E-state index contributed by atoms with van der Waals surface area (Å²) >= 11 is 0. The van der Waals surface area contributed by atoms with Crippen molar-refractivity contribution in [3.63, 3.8) is 0 Å². The third-order valence-electron chi connectivity index (χ3n) is 6.73. The molecule has 0 bridgehead atoms. The molecule has 0 saturated carbocycles. The number of aromatic nitrogens is 2. The van der Waals surface area contributed by atoms with Gasteiger partial charge >= 0.3 is 0 Å². The normalized spacial score (nSPS) is 26.4. The minimum atomic E-state index is 0.297. The summed E-state index contributed by atoms with van der Waals surface area (Å²) in [4.78, 5) is 11.2. The van der Waals surface area contributed by atoms with Crippen LogP contribution in [0.2, 0.25) is 0 Å². The topological polar surface area (TPSA) is 50.3 Å². The first-order valence-electron chi connectivity index (χ1n) is 10.3. The van der Waals surface area contributed by atoms with Gasteiger partial charge < -0.3 is 15.0 Å². The summed E-state index contributed by atoms with van der Waals surface area (Å²) < 4.78 is 5.55. The van der Waals surface area contributed by atoms with Gasteiger partial charge in [0.1, 0.15) is 0 Å². The van der Waals surface area contributed by atoms with Crippen LogP contribution in [-0.4, -0.2) is 42.8 Å². The van der Waals surface area contributed by atoms with Gasteiger partial charge in [0.15, 0.2) is 0 Å². The Morgan fingerprint density at radius 3 is 2.70 bits per heavy atom. The van der Waals surface area contributed by atoms with Gasteiger partial charge in [0, 0.05) is 50.1 Å². The molecule has 5 heteroatoms. The maximum atomic E-state index is 5.55. The highest BCUT2D eigenvalue weighted by Crippen LogP contribution is 2.50. The number of piperidine rings is 1. The van der Waals surface area contributed by atoms with Gasteiger partial charge in [-0.25, -0.2) is 9.97 Å². The van der Waals surface area contributed by atoms with E-state index in [4.69, 9.17) is 4.74 Å². The molecule has 3 heterocycles. The quantitative estimate of drug-likeness (QED) is 0.903. The zero-order valence-corrected chi connectivity index (χ0v) is 15.8. The van der Waals surface area contributed by atoms with Gasteiger partial charge in [-0.15, -0.1) is 0 Å². The fourth-order valence-corrected chi connectivity index (χ4v) is 5.19. The maximum Gasteiger partial charge on any atom is 0.225 e. The van der Waals surface area contributed by atoms with E-state index >= 15 is 0 Å². The fraction of sp³-hybridized carbons (Fsp3) is 0.545. The molecule has 2 saturated heterocycles. The SMILES string of the molecule is c1cnc(N2CCC3(CC2)CC(NCC2CCOC2)c2ccccc23)nc1. The number of hydrogen-bond donors (Lipinski definition) is 1. The molecular formula is C22H28N4O. The van der Waals surface area contributed by atoms with Gasteiger partial charge in [-0.3, -0.25) is 0 Å². The van der Waals surface area contributed by atoms with Crippen LogP contribution in [0.15, 0.2) is 42.7 Å². The van der Waals surface area contributed by atoms with E-state index in [0.29, 0.717) is 17.4 Å². The molecule has 0 amide bonds. The summed E-state index contributed by atoms with van der Waals surface area (Å²) in [5.74, 6) is 1.54. The Hall–Kier alpha value is -1.98. The first-order chi connectivity index (χ1) is 13.3. The van der Waals surface area contributed by atoms with Gasteiger partial charge in [0.2, 0.25) is 5.95 Å². The third kappa shape index (κ3) is 3.23. The minimum absolute atomic E-state index is 0.297. The molecule has 2 aromatic rings. The van der Waals surface area contributed by atoms with Crippen LogP contribution >= 0.6 is 0 Å². The van der Waals surface area contributed by atoms with Gasteiger partial charge in [-0.1, -0.05) is 24.3 Å². The molecule has 1 spiro atoms. The van der Waals surface area contributed by atoms with Crippen molar-refractivity contribution in [1.29, 1.82) is 0 Å². The largest absolute Gasteiger partial charge is 0.381 e. The second-order valence-electron chi connectivity index (χ2n) is 8.30. The first kappa shape index (κ1) is 17.1. The molecule has 5 nitrogen and oxygen atoms in total. The van der Waals surface area contributed by atoms with Crippen LogP contribution in [0.5, 0.6) is 0 Å². The van der Waals surface area contributed by atoms with Gasteiger partial charge in [0.05, 0.1) is 6.61 Å². The van der Waals surface area contributed by atoms with Crippen LogP contribution in [0, 0.1) is 5.92 Å². The zero-order chi connectivity index (χ0) is 18.1. The van der Waals surface area contributed by atoms with Crippen LogP contribution in [0.1, 0.15) is 42.9 Å². The van der Waals surface area contributed by atoms with Crippen LogP contribution in [0.25, 0.3) is 0 Å². The lowest BCUT2D eigenvalue weighted by atomic mass is 9.73. The summed E-state index contributed by atoms with van der Waals surface area (Å²) in [6.45, 7) is 4.97. The van der Waals surface area contributed by atoms with Crippen molar-refractivity contribution in [3.05, 3.63) is 53.9 Å². The van der Waals surface area contributed by atoms with E-state index in [1.807, 2.05) is 18.5 Å². The predicted octanol–water partition coefficient (Wildman–Crippen LogP) is 3.09. The number of rotatable bonds is 4. The Kier molecular flexibility index (Phi) is 4.58. The number of hydrogen-bond acceptors (Lipinski definition) is 5. The lowest BCUT2D eigenvalue weighted by Crippen LogP contribution is -2.42. The molecule has 2 atom stereocenters. The number of nitrogens with zero attached hydrogens (tertiary/aromatic N) is 3. The smallest absolute Gasteiger partial charge is 0.225 e. The van der Waals surface area contributed by atoms with E-state index in [1.54, 1.807) is 5.56 Å². The predicted molar refractivity (Wildman–Crippen MR) is 106 cm³/mol. The first-order valence-corrected chi connectivity index (χ1v) is 10.3. The molecule has 1 aromatic carbocycles. The fourth-order valence-electron chi connectivity index (χ4n) is 5.19. The van der Waals surface area contributed by atoms with Crippen molar-refractivity contribution in [2.24, 2.45) is 5.92 Å². The number of nitrogens with one attached hydrogen (secondary N) is 1. The second-order valence-corrected chi connectivity index (χ2v) is 8.30. The second kappa shape index (κ2) is 7.21. The summed E-state index contributed by atoms with van der Waals surface area (Å²) in [7, 11) is 0. The van der Waals surface area contributed by atoms with Gasteiger partial charge in [-0.2, -0.15) is 0 Å². The van der Waals surface area contributed by atoms with E-state index in [9.17, 15) is 0 Å². The molecule has 5 rings (SSSR count). The van der Waals surface area contributed by atoms with Crippen molar-refractivity contribution in [2.75, 3.05) is 37.7 Å². The molecular weight excluding hydrogens is 336 g/mol. The van der Waals surface area contributed by atoms with E-state index in [2.05, 4.69) is 44.5 Å². The average molecular weight is 364 g/mol. The number of ether oxygens (including phenoxy) is 1. The summed E-state index contributed by atoms with van der Waals surface area (Å²) in [5.41, 5.74) is 3.38. The summed E-state index contributed by atoms with van der Waals surface area (Å²) in [5, 5.41) is 3.88. The monoisotopic (exact) mass is 364 g/mol. The minimum Gasteiger partial charge on any atom is -0.381 e. The lowest BCUT2D eigenvalue weighted by molar-refractivity contribution is 0.184. The highest BCUT2D eigenvalue weighted by Gasteiger charge is 2.45. The zero-order valence-electron chi connectivity index (χ0n) is 15.8. The highest BCUT2D eigenvalue weighted by molar-refractivity contribution is 5.44. The molecule has 27 heavy (non-hydrogen) atoms. The number of benzene rings is 1. The Bertz CT molecular complexity index is 767. The Morgan fingerprint density at radius 1 is 1.11 bits per heavy atom. The Morgan fingerprint density at radius 2 is 1.93 bits per heavy atom. The van der Waals surface area contributed by atoms with Crippen LogP contribution in [-0.2, 0) is 10.2 Å².